The van der Waals surface area contributed by atoms with Crippen molar-refractivity contribution in [3.05, 3.63) is 58.6 Å². The average Bonchev–Trinajstić information content (AvgIpc) is 3.25. The Morgan fingerprint density at radius 3 is 2.71 bits per heavy atom. The fourth-order valence-corrected chi connectivity index (χ4v) is 6.24. The number of carbonyl (C=O) groups is 1. The van der Waals surface area contributed by atoms with Crippen LogP contribution in [0.25, 0.3) is 0 Å². The van der Waals surface area contributed by atoms with Crippen LogP contribution in [0.15, 0.2) is 42.5 Å². The number of aryl methyl sites for hydroxylation is 1. The van der Waals surface area contributed by atoms with Crippen molar-refractivity contribution in [3.63, 3.8) is 0 Å². The number of aliphatic hydroxyl groups excluding tert-OH is 1. The molecule has 4 rings (SSSR count). The number of halogens is 1. The number of benzene rings is 2. The number of carbonyl (C=O) groups excluding carboxylic acids is 1. The van der Waals surface area contributed by atoms with E-state index < -0.39 is 11.7 Å². The van der Waals surface area contributed by atoms with Gasteiger partial charge in [-0.25, -0.2) is 0 Å². The Morgan fingerprint density at radius 1 is 1.21 bits per heavy atom. The molecule has 0 spiro atoms. The molecule has 1 saturated carbocycles. The number of ether oxygens (including phenoxy) is 2. The van der Waals surface area contributed by atoms with Gasteiger partial charge in [-0.2, -0.15) is 0 Å². The number of piperidine rings is 1. The first-order valence-corrected chi connectivity index (χ1v) is 14.1. The number of likely N-dealkylation sites (tertiary alicyclic amines) is 1. The van der Waals surface area contributed by atoms with E-state index in [1.54, 1.807) is 13.2 Å². The van der Waals surface area contributed by atoms with Crippen LogP contribution in [-0.2, 0) is 15.1 Å². The van der Waals surface area contributed by atoms with Crippen LogP contribution in [0.2, 0.25) is 5.02 Å². The van der Waals surface area contributed by atoms with Gasteiger partial charge in [0.1, 0.15) is 5.75 Å². The maximum atomic E-state index is 13.4. The third kappa shape index (κ3) is 6.52. The summed E-state index contributed by atoms with van der Waals surface area (Å²) in [7, 11) is 1.67. The lowest BCUT2D eigenvalue weighted by Crippen LogP contribution is -2.49. The van der Waals surface area contributed by atoms with E-state index in [9.17, 15) is 15.0 Å². The lowest BCUT2D eigenvalue weighted by molar-refractivity contribution is -0.141. The Hall–Kier alpha value is -2.16. The van der Waals surface area contributed by atoms with Crippen LogP contribution in [0.4, 0.5) is 0 Å². The molecule has 1 aliphatic heterocycles. The largest absolute Gasteiger partial charge is 0.455 e. The second kappa shape index (κ2) is 12.8. The van der Waals surface area contributed by atoms with Gasteiger partial charge in [0, 0.05) is 50.2 Å². The summed E-state index contributed by atoms with van der Waals surface area (Å²) in [6, 6.07) is 12.9. The van der Waals surface area contributed by atoms with Gasteiger partial charge in [0.05, 0.1) is 16.7 Å². The number of nitrogens with zero attached hydrogens (tertiary/aromatic N) is 1. The van der Waals surface area contributed by atoms with Gasteiger partial charge in [-0.1, -0.05) is 35.9 Å². The summed E-state index contributed by atoms with van der Waals surface area (Å²) < 4.78 is 11.6. The van der Waals surface area contributed by atoms with Crippen LogP contribution in [0.3, 0.4) is 0 Å². The Kier molecular flexibility index (Phi) is 9.71. The minimum atomic E-state index is -1.26. The van der Waals surface area contributed by atoms with E-state index in [2.05, 4.69) is 0 Å². The zero-order valence-electron chi connectivity index (χ0n) is 22.4. The van der Waals surface area contributed by atoms with Crippen molar-refractivity contribution in [3.8, 4) is 11.5 Å². The molecule has 5 unspecified atom stereocenters. The lowest BCUT2D eigenvalue weighted by Gasteiger charge is -2.44. The minimum Gasteiger partial charge on any atom is -0.455 e. The minimum absolute atomic E-state index is 0.0192. The average molecular weight is 545 g/mol. The monoisotopic (exact) mass is 544 g/mol. The molecule has 7 nitrogen and oxygen atoms in total. The first-order chi connectivity index (χ1) is 18.2. The fraction of sp³-hybridized carbons (Fsp3) is 0.567. The highest BCUT2D eigenvalue weighted by molar-refractivity contribution is 6.32. The van der Waals surface area contributed by atoms with Crippen LogP contribution in [-0.4, -0.2) is 60.0 Å². The number of hydrogen-bond acceptors (Lipinski definition) is 6. The Morgan fingerprint density at radius 2 is 2.00 bits per heavy atom. The number of rotatable bonds is 10. The van der Waals surface area contributed by atoms with Gasteiger partial charge in [0.15, 0.2) is 5.75 Å². The summed E-state index contributed by atoms with van der Waals surface area (Å²) >= 11 is 6.68. The van der Waals surface area contributed by atoms with Crippen LogP contribution < -0.4 is 10.5 Å². The van der Waals surface area contributed by atoms with Crippen molar-refractivity contribution in [1.82, 2.24) is 4.90 Å². The predicted molar refractivity (Wildman–Crippen MR) is 148 cm³/mol. The van der Waals surface area contributed by atoms with Gasteiger partial charge >= 0.3 is 0 Å². The van der Waals surface area contributed by atoms with Crippen molar-refractivity contribution in [2.24, 2.45) is 17.6 Å². The fourth-order valence-electron chi connectivity index (χ4n) is 6.02. The molecule has 8 heteroatoms. The number of amides is 1. The summed E-state index contributed by atoms with van der Waals surface area (Å²) in [6.07, 6.45) is 3.84. The van der Waals surface area contributed by atoms with Crippen molar-refractivity contribution in [2.75, 3.05) is 26.8 Å². The standard InChI is InChI=1S/C30H41ClN2O5/c1-20-8-5-10-23(16-20)38-28-24(11-6-12-25(28)31)30(36,13-3-4-15-37-2)22-9-7-14-33(19-22)29(35)21-17-26(32)27(34)18-21/h5-6,8,10-12,16,21-22,26-27,34,36H,3-4,7,9,13-15,17-19,32H2,1-2H3. The second-order valence-corrected chi connectivity index (χ2v) is 11.3. The van der Waals surface area contributed by atoms with E-state index in [-0.39, 0.29) is 23.8 Å². The molecule has 5 atom stereocenters. The summed E-state index contributed by atoms with van der Waals surface area (Å²) in [5.74, 6) is 0.631. The number of methoxy groups -OCH3 is 1. The molecule has 1 amide bonds. The normalized spacial score (nSPS) is 25.3. The summed E-state index contributed by atoms with van der Waals surface area (Å²) in [5, 5.41) is 23.1. The number of aliphatic hydroxyl groups is 2. The van der Waals surface area contributed by atoms with E-state index in [4.69, 9.17) is 26.8 Å². The molecule has 208 valence electrons. The number of unbranched alkanes of at least 4 members (excludes halogenated alkanes) is 1. The molecule has 2 aliphatic rings. The van der Waals surface area contributed by atoms with E-state index in [1.165, 1.54) is 0 Å². The molecule has 1 heterocycles. The molecule has 2 fully saturated rings. The van der Waals surface area contributed by atoms with Gasteiger partial charge in [0.25, 0.3) is 0 Å². The molecule has 38 heavy (non-hydrogen) atoms. The van der Waals surface area contributed by atoms with Gasteiger partial charge in [-0.3, -0.25) is 4.79 Å². The molecule has 1 aliphatic carbocycles. The summed E-state index contributed by atoms with van der Waals surface area (Å²) in [4.78, 5) is 15.3. The second-order valence-electron chi connectivity index (χ2n) is 10.9. The Bertz CT molecular complexity index is 1090. The quantitative estimate of drug-likeness (QED) is 0.372. The molecular weight excluding hydrogens is 504 g/mol. The number of hydrogen-bond donors (Lipinski definition) is 3. The molecule has 2 aromatic carbocycles. The van der Waals surface area contributed by atoms with E-state index in [1.807, 2.05) is 48.2 Å². The Balaban J connectivity index is 1.64. The van der Waals surface area contributed by atoms with Gasteiger partial charge in [-0.15, -0.1) is 0 Å². The van der Waals surface area contributed by atoms with E-state index >= 15 is 0 Å². The van der Waals surface area contributed by atoms with E-state index in [0.29, 0.717) is 61.0 Å². The zero-order chi connectivity index (χ0) is 27.3. The number of nitrogens with two attached hydrogens (primary N) is 1. The SMILES string of the molecule is COCCCCC(O)(c1cccc(Cl)c1Oc1cccc(C)c1)C1CCCN(C(=O)C2CC(N)C(O)C2)C1. The maximum absolute atomic E-state index is 13.4. The lowest BCUT2D eigenvalue weighted by atomic mass is 9.73. The first kappa shape index (κ1) is 28.8. The van der Waals surface area contributed by atoms with Crippen molar-refractivity contribution in [1.29, 1.82) is 0 Å². The summed E-state index contributed by atoms with van der Waals surface area (Å²) in [5.41, 5.74) is 6.43. The third-order valence-electron chi connectivity index (χ3n) is 8.13. The molecular formula is C30H41ClN2O5. The van der Waals surface area contributed by atoms with Crippen LogP contribution in [0, 0.1) is 18.8 Å². The molecule has 0 radical (unpaired) electrons. The number of para-hydroxylation sites is 1. The first-order valence-electron chi connectivity index (χ1n) is 13.7. The van der Waals surface area contributed by atoms with Crippen LogP contribution in [0.5, 0.6) is 11.5 Å². The molecule has 0 aromatic heterocycles. The molecule has 0 bridgehead atoms. The van der Waals surface area contributed by atoms with Gasteiger partial charge in [-0.05, 0) is 75.6 Å². The smallest absolute Gasteiger partial charge is 0.225 e. The summed E-state index contributed by atoms with van der Waals surface area (Å²) in [6.45, 7) is 3.67. The van der Waals surface area contributed by atoms with Gasteiger partial charge < -0.3 is 30.3 Å². The van der Waals surface area contributed by atoms with Crippen LogP contribution >= 0.6 is 11.6 Å². The molecule has 1 saturated heterocycles. The third-order valence-corrected chi connectivity index (χ3v) is 8.43. The van der Waals surface area contributed by atoms with Crippen LogP contribution in [0.1, 0.15) is 56.1 Å². The maximum Gasteiger partial charge on any atom is 0.225 e. The highest BCUT2D eigenvalue weighted by Gasteiger charge is 2.45. The molecule has 2 aromatic rings. The molecule has 4 N–H and O–H groups in total. The zero-order valence-corrected chi connectivity index (χ0v) is 23.2. The van der Waals surface area contributed by atoms with E-state index in [0.717, 1.165) is 31.2 Å². The topological polar surface area (TPSA) is 105 Å². The highest BCUT2D eigenvalue weighted by Crippen LogP contribution is 2.47. The highest BCUT2D eigenvalue weighted by atomic mass is 35.5. The van der Waals surface area contributed by atoms with Crippen molar-refractivity contribution in [2.45, 2.75) is 69.6 Å². The van der Waals surface area contributed by atoms with Gasteiger partial charge in [0.2, 0.25) is 5.91 Å². The van der Waals surface area contributed by atoms with Crippen molar-refractivity contribution >= 4 is 17.5 Å². The Labute approximate surface area is 230 Å². The van der Waals surface area contributed by atoms with Crippen molar-refractivity contribution < 1.29 is 24.5 Å². The predicted octanol–water partition coefficient (Wildman–Crippen LogP) is 4.78.